The molecule has 0 unspecified atom stereocenters. The van der Waals surface area contributed by atoms with E-state index in [2.05, 4.69) is 68.0 Å². The van der Waals surface area contributed by atoms with Crippen LogP contribution in [0.15, 0.2) is 22.7 Å². The molecule has 1 aromatic carbocycles. The third-order valence-electron chi connectivity index (χ3n) is 5.00. The summed E-state index contributed by atoms with van der Waals surface area (Å²) in [6.07, 6.45) is 1.03. The normalized spacial score (nSPS) is 19.9. The van der Waals surface area contributed by atoms with Gasteiger partial charge >= 0.3 is 0 Å². The van der Waals surface area contributed by atoms with Gasteiger partial charge in [0.25, 0.3) is 0 Å². The van der Waals surface area contributed by atoms with Crippen molar-refractivity contribution in [1.82, 2.24) is 5.32 Å². The summed E-state index contributed by atoms with van der Waals surface area (Å²) >= 11 is 3.55. The topological polar surface area (TPSA) is 21.3 Å². The SMILES string of the molecule is CCCOc1ccc(Br)cc1CNC1C(C)(C)C1(C)C. The van der Waals surface area contributed by atoms with Crippen LogP contribution in [0.5, 0.6) is 5.75 Å². The van der Waals surface area contributed by atoms with Gasteiger partial charge in [-0.25, -0.2) is 0 Å². The molecule has 0 aromatic heterocycles. The first kappa shape index (κ1) is 15.8. The highest BCUT2D eigenvalue weighted by atomic mass is 79.9. The van der Waals surface area contributed by atoms with E-state index in [1.807, 2.05) is 6.07 Å². The summed E-state index contributed by atoms with van der Waals surface area (Å²) in [4.78, 5) is 0. The van der Waals surface area contributed by atoms with Crippen LogP contribution in [-0.4, -0.2) is 12.6 Å². The molecule has 0 spiro atoms. The van der Waals surface area contributed by atoms with Gasteiger partial charge in [-0.15, -0.1) is 0 Å². The van der Waals surface area contributed by atoms with Crippen LogP contribution in [-0.2, 0) is 6.54 Å². The molecular weight excluding hydrogens is 314 g/mol. The van der Waals surface area contributed by atoms with Gasteiger partial charge in [0.1, 0.15) is 5.75 Å². The van der Waals surface area contributed by atoms with Gasteiger partial charge in [0, 0.05) is 22.6 Å². The van der Waals surface area contributed by atoms with Crippen molar-refractivity contribution in [3.8, 4) is 5.75 Å². The van der Waals surface area contributed by atoms with Crippen molar-refractivity contribution in [2.75, 3.05) is 6.61 Å². The van der Waals surface area contributed by atoms with Crippen molar-refractivity contribution in [2.45, 2.75) is 53.6 Å². The van der Waals surface area contributed by atoms with Gasteiger partial charge in [-0.2, -0.15) is 0 Å². The van der Waals surface area contributed by atoms with Crippen LogP contribution in [0.2, 0.25) is 0 Å². The van der Waals surface area contributed by atoms with E-state index < -0.39 is 0 Å². The lowest BCUT2D eigenvalue weighted by atomic mass is 10.0. The highest BCUT2D eigenvalue weighted by Crippen LogP contribution is 2.62. The lowest BCUT2D eigenvalue weighted by molar-refractivity contribution is 0.313. The van der Waals surface area contributed by atoms with Gasteiger partial charge in [0.2, 0.25) is 0 Å². The van der Waals surface area contributed by atoms with E-state index in [1.54, 1.807) is 0 Å². The summed E-state index contributed by atoms with van der Waals surface area (Å²) in [5.41, 5.74) is 1.96. The van der Waals surface area contributed by atoms with E-state index in [9.17, 15) is 0 Å². The van der Waals surface area contributed by atoms with Gasteiger partial charge in [-0.3, -0.25) is 0 Å². The molecule has 0 bridgehead atoms. The van der Waals surface area contributed by atoms with E-state index in [-0.39, 0.29) is 0 Å². The van der Waals surface area contributed by atoms with Gasteiger partial charge in [0.15, 0.2) is 0 Å². The Balaban J connectivity index is 2.04. The maximum atomic E-state index is 5.84. The Kier molecular flexibility index (Phi) is 4.50. The molecule has 0 heterocycles. The minimum Gasteiger partial charge on any atom is -0.493 e. The Morgan fingerprint density at radius 3 is 2.40 bits per heavy atom. The number of hydrogen-bond acceptors (Lipinski definition) is 2. The maximum Gasteiger partial charge on any atom is 0.123 e. The molecule has 20 heavy (non-hydrogen) atoms. The Bertz CT molecular complexity index is 468. The molecule has 1 aliphatic carbocycles. The zero-order chi connectivity index (χ0) is 15.0. The second-order valence-electron chi connectivity index (χ2n) is 6.86. The second-order valence-corrected chi connectivity index (χ2v) is 7.77. The first-order chi connectivity index (χ1) is 9.30. The third-order valence-corrected chi connectivity index (χ3v) is 5.49. The fourth-order valence-corrected chi connectivity index (χ4v) is 3.37. The molecule has 3 heteroatoms. The number of nitrogens with one attached hydrogen (secondary N) is 1. The summed E-state index contributed by atoms with van der Waals surface area (Å²) in [7, 11) is 0. The van der Waals surface area contributed by atoms with Crippen LogP contribution in [0, 0.1) is 10.8 Å². The predicted octanol–water partition coefficient (Wildman–Crippen LogP) is 4.76. The molecule has 0 saturated heterocycles. The van der Waals surface area contributed by atoms with Crippen LogP contribution in [0.3, 0.4) is 0 Å². The molecule has 0 aliphatic heterocycles. The highest BCUT2D eigenvalue weighted by Gasteiger charge is 2.64. The lowest BCUT2D eigenvalue weighted by Gasteiger charge is -2.13. The average Bonchev–Trinajstić information content (AvgIpc) is 2.76. The van der Waals surface area contributed by atoms with Crippen LogP contribution in [0.4, 0.5) is 0 Å². The second kappa shape index (κ2) is 5.69. The molecule has 0 amide bonds. The molecule has 1 N–H and O–H groups in total. The van der Waals surface area contributed by atoms with Crippen LogP contribution in [0.1, 0.15) is 46.6 Å². The molecule has 1 saturated carbocycles. The van der Waals surface area contributed by atoms with Crippen molar-refractivity contribution in [1.29, 1.82) is 0 Å². The third kappa shape index (κ3) is 2.89. The monoisotopic (exact) mass is 339 g/mol. The van der Waals surface area contributed by atoms with E-state index in [4.69, 9.17) is 4.74 Å². The Morgan fingerprint density at radius 1 is 1.20 bits per heavy atom. The molecule has 2 rings (SSSR count). The molecule has 2 nitrogen and oxygen atoms in total. The number of ether oxygens (including phenoxy) is 1. The minimum atomic E-state index is 0.365. The molecule has 112 valence electrons. The first-order valence-corrected chi connectivity index (χ1v) is 8.24. The molecular formula is C17H26BrNO. The largest absolute Gasteiger partial charge is 0.493 e. The number of benzene rings is 1. The summed E-state index contributed by atoms with van der Waals surface area (Å²) < 4.78 is 6.94. The van der Waals surface area contributed by atoms with Gasteiger partial charge in [0.05, 0.1) is 6.61 Å². The molecule has 1 aliphatic rings. The van der Waals surface area contributed by atoms with Gasteiger partial charge in [-0.05, 0) is 35.4 Å². The molecule has 0 atom stereocenters. The van der Waals surface area contributed by atoms with E-state index in [0.717, 1.165) is 29.8 Å². The van der Waals surface area contributed by atoms with Gasteiger partial charge < -0.3 is 10.1 Å². The van der Waals surface area contributed by atoms with Gasteiger partial charge in [-0.1, -0.05) is 50.5 Å². The zero-order valence-corrected chi connectivity index (χ0v) is 14.8. The van der Waals surface area contributed by atoms with Crippen molar-refractivity contribution in [2.24, 2.45) is 10.8 Å². The van der Waals surface area contributed by atoms with E-state index >= 15 is 0 Å². The Morgan fingerprint density at radius 2 is 1.85 bits per heavy atom. The number of hydrogen-bond donors (Lipinski definition) is 1. The molecule has 0 radical (unpaired) electrons. The Hall–Kier alpha value is -0.540. The first-order valence-electron chi connectivity index (χ1n) is 7.45. The predicted molar refractivity (Wildman–Crippen MR) is 88.1 cm³/mol. The summed E-state index contributed by atoms with van der Waals surface area (Å²) in [6, 6.07) is 6.81. The molecule has 1 fully saturated rings. The lowest BCUT2D eigenvalue weighted by Crippen LogP contribution is -2.22. The maximum absolute atomic E-state index is 5.84. The quantitative estimate of drug-likeness (QED) is 0.806. The van der Waals surface area contributed by atoms with E-state index in [0.29, 0.717) is 16.9 Å². The van der Waals surface area contributed by atoms with Crippen molar-refractivity contribution in [3.05, 3.63) is 28.2 Å². The summed E-state index contributed by atoms with van der Waals surface area (Å²) in [5.74, 6) is 0.999. The zero-order valence-electron chi connectivity index (χ0n) is 13.2. The van der Waals surface area contributed by atoms with Crippen molar-refractivity contribution in [3.63, 3.8) is 0 Å². The number of rotatable bonds is 6. The minimum absolute atomic E-state index is 0.365. The fraction of sp³-hybridized carbons (Fsp3) is 0.647. The van der Waals surface area contributed by atoms with Crippen molar-refractivity contribution >= 4 is 15.9 Å². The van der Waals surface area contributed by atoms with Crippen LogP contribution >= 0.6 is 15.9 Å². The number of halogens is 1. The van der Waals surface area contributed by atoms with E-state index in [1.165, 1.54) is 5.56 Å². The summed E-state index contributed by atoms with van der Waals surface area (Å²) in [6.45, 7) is 13.1. The summed E-state index contributed by atoms with van der Waals surface area (Å²) in [5, 5.41) is 3.70. The molecule has 1 aromatic rings. The Labute approximate surface area is 131 Å². The van der Waals surface area contributed by atoms with Crippen LogP contribution < -0.4 is 10.1 Å². The standard InChI is InChI=1S/C17H26BrNO/c1-6-9-20-14-8-7-13(18)10-12(14)11-19-15-16(2,3)17(15,4)5/h7-8,10,15,19H,6,9,11H2,1-5H3. The van der Waals surface area contributed by atoms with Crippen LogP contribution in [0.25, 0.3) is 0 Å². The average molecular weight is 340 g/mol. The smallest absolute Gasteiger partial charge is 0.123 e. The fourth-order valence-electron chi connectivity index (χ4n) is 2.96. The van der Waals surface area contributed by atoms with Crippen molar-refractivity contribution < 1.29 is 4.74 Å². The highest BCUT2D eigenvalue weighted by molar-refractivity contribution is 9.10.